The Balaban J connectivity index is 1.32. The summed E-state index contributed by atoms with van der Waals surface area (Å²) in [5.74, 6) is -0.697. The van der Waals surface area contributed by atoms with E-state index < -0.39 is 6.04 Å². The summed E-state index contributed by atoms with van der Waals surface area (Å²) in [4.78, 5) is 44.3. The van der Waals surface area contributed by atoms with E-state index in [0.29, 0.717) is 23.8 Å². The monoisotopic (exact) mass is 483 g/mol. The van der Waals surface area contributed by atoms with Crippen LogP contribution in [0.2, 0.25) is 5.02 Å². The number of carbonyl (C=O) groups is 3. The number of nitrogens with one attached hydrogen (secondary N) is 2. The molecule has 180 valence electrons. The van der Waals surface area contributed by atoms with Gasteiger partial charge in [0, 0.05) is 55.7 Å². The van der Waals surface area contributed by atoms with Crippen molar-refractivity contribution >= 4 is 40.7 Å². The van der Waals surface area contributed by atoms with Gasteiger partial charge in [0.15, 0.2) is 0 Å². The van der Waals surface area contributed by atoms with Crippen molar-refractivity contribution in [2.24, 2.45) is 0 Å². The van der Waals surface area contributed by atoms with Gasteiger partial charge in [-0.1, -0.05) is 23.7 Å². The van der Waals surface area contributed by atoms with Gasteiger partial charge in [0.1, 0.15) is 6.04 Å². The van der Waals surface area contributed by atoms with Crippen LogP contribution in [0.3, 0.4) is 0 Å². The fourth-order valence-corrected chi connectivity index (χ4v) is 4.55. The van der Waals surface area contributed by atoms with Crippen molar-refractivity contribution in [3.05, 3.63) is 59.1 Å². The van der Waals surface area contributed by atoms with Gasteiger partial charge in [-0.3, -0.25) is 19.3 Å². The lowest BCUT2D eigenvalue weighted by atomic mass is 10.1. The second-order valence-corrected chi connectivity index (χ2v) is 9.19. The molecule has 34 heavy (non-hydrogen) atoms. The van der Waals surface area contributed by atoms with Crippen LogP contribution in [-0.2, 0) is 14.4 Å². The quantitative estimate of drug-likeness (QED) is 0.657. The summed E-state index contributed by atoms with van der Waals surface area (Å²) < 4.78 is 0. The molecule has 2 saturated heterocycles. The highest BCUT2D eigenvalue weighted by Gasteiger charge is 2.35. The average Bonchev–Trinajstić information content (AvgIpc) is 2.81. The third-order valence-electron chi connectivity index (χ3n) is 6.25. The van der Waals surface area contributed by atoms with Crippen LogP contribution >= 0.6 is 11.6 Å². The van der Waals surface area contributed by atoms with E-state index in [-0.39, 0.29) is 30.7 Å². The maximum atomic E-state index is 13.1. The second-order valence-electron chi connectivity index (χ2n) is 8.76. The van der Waals surface area contributed by atoms with Crippen LogP contribution in [0.4, 0.5) is 11.4 Å². The molecular formula is C25H30ClN5O3. The van der Waals surface area contributed by atoms with E-state index in [2.05, 4.69) is 20.4 Å². The van der Waals surface area contributed by atoms with E-state index >= 15 is 0 Å². The molecule has 0 aromatic heterocycles. The maximum Gasteiger partial charge on any atom is 0.243 e. The van der Waals surface area contributed by atoms with Crippen LogP contribution in [0, 0.1) is 6.92 Å². The molecule has 2 N–H and O–H groups in total. The molecule has 0 spiro atoms. The molecule has 1 atom stereocenters. The van der Waals surface area contributed by atoms with Gasteiger partial charge in [0.05, 0.1) is 13.0 Å². The fourth-order valence-electron chi connectivity index (χ4n) is 4.42. The van der Waals surface area contributed by atoms with Crippen molar-refractivity contribution in [3.8, 4) is 0 Å². The van der Waals surface area contributed by atoms with Crippen molar-refractivity contribution < 1.29 is 14.4 Å². The zero-order valence-electron chi connectivity index (χ0n) is 19.3. The lowest BCUT2D eigenvalue weighted by Crippen LogP contribution is -2.60. The molecular weight excluding hydrogens is 454 g/mol. The molecule has 0 bridgehead atoms. The van der Waals surface area contributed by atoms with Gasteiger partial charge in [0.25, 0.3) is 0 Å². The Bertz CT molecular complexity index is 1040. The van der Waals surface area contributed by atoms with Crippen molar-refractivity contribution in [2.45, 2.75) is 19.4 Å². The predicted octanol–water partition coefficient (Wildman–Crippen LogP) is 2.13. The van der Waals surface area contributed by atoms with Crippen molar-refractivity contribution in [1.29, 1.82) is 0 Å². The molecule has 0 aliphatic carbocycles. The van der Waals surface area contributed by atoms with Gasteiger partial charge in [-0.05, 0) is 48.9 Å². The largest absolute Gasteiger partial charge is 0.369 e. The third kappa shape index (κ3) is 6.07. The highest BCUT2D eigenvalue weighted by molar-refractivity contribution is 6.30. The van der Waals surface area contributed by atoms with Gasteiger partial charge in [-0.15, -0.1) is 0 Å². The minimum Gasteiger partial charge on any atom is -0.369 e. The van der Waals surface area contributed by atoms with E-state index in [1.54, 1.807) is 11.0 Å². The molecule has 8 nitrogen and oxygen atoms in total. The van der Waals surface area contributed by atoms with E-state index in [9.17, 15) is 14.4 Å². The van der Waals surface area contributed by atoms with Crippen molar-refractivity contribution in [3.63, 3.8) is 0 Å². The lowest BCUT2D eigenvalue weighted by molar-refractivity contribution is -0.145. The first-order valence-corrected chi connectivity index (χ1v) is 11.9. The lowest BCUT2D eigenvalue weighted by Gasteiger charge is -2.39. The smallest absolute Gasteiger partial charge is 0.243 e. The number of aryl methyl sites for hydroxylation is 1. The summed E-state index contributed by atoms with van der Waals surface area (Å²) in [6.45, 7) is 6.07. The van der Waals surface area contributed by atoms with Crippen LogP contribution in [0.1, 0.15) is 12.0 Å². The summed E-state index contributed by atoms with van der Waals surface area (Å²) in [7, 11) is 0. The first kappa shape index (κ1) is 24.0. The minimum absolute atomic E-state index is 0.0736. The molecule has 0 saturated carbocycles. The van der Waals surface area contributed by atoms with E-state index in [1.165, 1.54) is 0 Å². The molecule has 2 aromatic carbocycles. The molecule has 3 amide bonds. The highest BCUT2D eigenvalue weighted by atomic mass is 35.5. The number of benzene rings is 2. The molecule has 2 heterocycles. The van der Waals surface area contributed by atoms with E-state index in [1.807, 2.05) is 49.4 Å². The number of rotatable bonds is 6. The summed E-state index contributed by atoms with van der Waals surface area (Å²) >= 11 is 5.98. The molecule has 2 aromatic rings. The van der Waals surface area contributed by atoms with Gasteiger partial charge in [-0.2, -0.15) is 0 Å². The summed E-state index contributed by atoms with van der Waals surface area (Å²) in [6, 6.07) is 14.4. The van der Waals surface area contributed by atoms with Gasteiger partial charge in [-0.25, -0.2) is 0 Å². The molecule has 2 aliphatic rings. The number of carbonyl (C=O) groups excluding carboxylic acids is 3. The molecule has 2 fully saturated rings. The fraction of sp³-hybridized carbons (Fsp3) is 0.400. The number of hydrogen-bond donors (Lipinski definition) is 2. The van der Waals surface area contributed by atoms with E-state index in [0.717, 1.165) is 37.4 Å². The average molecular weight is 484 g/mol. The van der Waals surface area contributed by atoms with Crippen molar-refractivity contribution in [1.82, 2.24) is 15.1 Å². The SMILES string of the molecule is Cc1cccc(NC(=O)C[C@H]2C(=O)NCCN2C(=O)CN2CCN(c3ccc(Cl)cc3)CC2)c1. The number of piperazine rings is 2. The van der Waals surface area contributed by atoms with Gasteiger partial charge >= 0.3 is 0 Å². The van der Waals surface area contributed by atoms with Crippen LogP contribution in [0.5, 0.6) is 0 Å². The first-order valence-electron chi connectivity index (χ1n) is 11.6. The normalized spacial score (nSPS) is 19.0. The third-order valence-corrected chi connectivity index (χ3v) is 6.51. The minimum atomic E-state index is -0.804. The Hall–Kier alpha value is -3.10. The standard InChI is InChI=1S/C25H30ClN5O3/c1-18-3-2-4-20(15-18)28-23(32)16-22-25(34)27-9-10-31(22)24(33)17-29-11-13-30(14-12-29)21-7-5-19(26)6-8-21/h2-8,15,22H,9-14,16-17H2,1H3,(H,27,34)(H,28,32)/t22-/m0/s1. The summed E-state index contributed by atoms with van der Waals surface area (Å²) in [5.41, 5.74) is 2.82. The van der Waals surface area contributed by atoms with Gasteiger partial charge < -0.3 is 20.4 Å². The molecule has 2 aliphatic heterocycles. The molecule has 0 unspecified atom stereocenters. The maximum absolute atomic E-state index is 13.1. The predicted molar refractivity (Wildman–Crippen MR) is 133 cm³/mol. The second kappa shape index (κ2) is 10.9. The van der Waals surface area contributed by atoms with Crippen LogP contribution < -0.4 is 15.5 Å². The number of halogens is 1. The summed E-state index contributed by atoms with van der Waals surface area (Å²) in [6.07, 6.45) is -0.0736. The molecule has 0 radical (unpaired) electrons. The number of amides is 3. The number of anilines is 2. The zero-order chi connectivity index (χ0) is 24.1. The highest BCUT2D eigenvalue weighted by Crippen LogP contribution is 2.20. The number of nitrogens with zero attached hydrogens (tertiary/aromatic N) is 3. The Morgan fingerprint density at radius 2 is 1.79 bits per heavy atom. The molecule has 9 heteroatoms. The van der Waals surface area contributed by atoms with Crippen LogP contribution in [-0.4, -0.2) is 79.4 Å². The first-order chi connectivity index (χ1) is 16.4. The molecule has 4 rings (SSSR count). The Morgan fingerprint density at radius 1 is 1.06 bits per heavy atom. The Kier molecular flexibility index (Phi) is 7.70. The topological polar surface area (TPSA) is 85.0 Å². The van der Waals surface area contributed by atoms with Crippen LogP contribution in [0.25, 0.3) is 0 Å². The zero-order valence-corrected chi connectivity index (χ0v) is 20.1. The summed E-state index contributed by atoms with van der Waals surface area (Å²) in [5, 5.41) is 6.33. The Morgan fingerprint density at radius 3 is 2.50 bits per heavy atom. The Labute approximate surface area is 204 Å². The van der Waals surface area contributed by atoms with Gasteiger partial charge in [0.2, 0.25) is 17.7 Å². The van der Waals surface area contributed by atoms with Crippen molar-refractivity contribution in [2.75, 3.05) is 56.0 Å². The van der Waals surface area contributed by atoms with E-state index in [4.69, 9.17) is 11.6 Å². The number of hydrogen-bond acceptors (Lipinski definition) is 5. The van der Waals surface area contributed by atoms with Crippen LogP contribution in [0.15, 0.2) is 48.5 Å².